The number of anilines is 1. The molecule has 2 heterocycles. The van der Waals surface area contributed by atoms with E-state index in [0.717, 1.165) is 12.8 Å². The molecule has 1 aromatic rings. The average molecular weight is 498 g/mol. The Morgan fingerprint density at radius 3 is 2.21 bits per heavy atom. The third-order valence-electron chi connectivity index (χ3n) is 7.93. The van der Waals surface area contributed by atoms with Gasteiger partial charge >= 0.3 is 5.69 Å². The van der Waals surface area contributed by atoms with Crippen LogP contribution in [-0.2, 0) is 13.6 Å². The van der Waals surface area contributed by atoms with Crippen LogP contribution in [0.5, 0.6) is 0 Å². The van der Waals surface area contributed by atoms with E-state index in [2.05, 4.69) is 79.6 Å². The Labute approximate surface area is 202 Å². The van der Waals surface area contributed by atoms with Crippen LogP contribution in [0.1, 0.15) is 74.0 Å². The van der Waals surface area contributed by atoms with E-state index < -0.39 is 34.2 Å². The highest BCUT2D eigenvalue weighted by Crippen LogP contribution is 2.47. The van der Waals surface area contributed by atoms with Gasteiger partial charge < -0.3 is 19.3 Å². The molecule has 0 spiro atoms. The minimum atomic E-state index is -2.10. The van der Waals surface area contributed by atoms with Crippen molar-refractivity contribution < 1.29 is 13.6 Å². The molecule has 0 aliphatic carbocycles. The van der Waals surface area contributed by atoms with Gasteiger partial charge in [-0.1, -0.05) is 54.9 Å². The van der Waals surface area contributed by atoms with Crippen LogP contribution in [0.15, 0.2) is 17.1 Å². The van der Waals surface area contributed by atoms with Crippen molar-refractivity contribution in [3.8, 4) is 0 Å². The van der Waals surface area contributed by atoms with Gasteiger partial charge in [0.2, 0.25) is 0 Å². The lowest BCUT2D eigenvalue weighted by Crippen LogP contribution is -2.54. The third-order valence-corrected chi connectivity index (χ3v) is 16.9. The van der Waals surface area contributed by atoms with Crippen molar-refractivity contribution >= 4 is 22.5 Å². The minimum Gasteiger partial charge on any atom is -0.414 e. The molecule has 0 unspecified atom stereocenters. The van der Waals surface area contributed by atoms with Crippen LogP contribution >= 0.6 is 0 Å². The molecule has 0 amide bonds. The predicted molar refractivity (Wildman–Crippen MR) is 141 cm³/mol. The number of aromatic nitrogens is 2. The maximum atomic E-state index is 12.6. The Morgan fingerprint density at radius 1 is 1.15 bits per heavy atom. The Bertz CT molecular complexity index is 874. The minimum absolute atomic E-state index is 0.0585. The standard InChI is InChI=1S/C24H47N3O4Si2/c1-12-14-24(17-29-32(8,9)22(2,3)4)18(31-33(10,11)23(5,6)7)16-20(30-24)27-15-13-19(25)26-21(27)28/h13,15,18,20H,12,14,16-17H2,1-11H3,(H2,25,26,28)/t18-,20+,24+/m0/s1. The Balaban J connectivity index is 2.48. The fourth-order valence-electron chi connectivity index (χ4n) is 3.66. The van der Waals surface area contributed by atoms with Crippen LogP contribution < -0.4 is 11.4 Å². The SMILES string of the molecule is CCC[C@]1(CO[Si](C)(C)C(C)(C)C)O[C@@H](n2ccc(N)nc2=O)C[C@@H]1O[Si](C)(C)C(C)(C)C. The number of hydrogen-bond donors (Lipinski definition) is 1. The molecule has 190 valence electrons. The van der Waals surface area contributed by atoms with Crippen molar-refractivity contribution in [3.05, 3.63) is 22.7 Å². The summed E-state index contributed by atoms with van der Waals surface area (Å²) in [5.74, 6) is 0.212. The number of nitrogens with two attached hydrogens (primary N) is 1. The fourth-order valence-corrected chi connectivity index (χ4v) is 6.07. The van der Waals surface area contributed by atoms with Gasteiger partial charge in [0.15, 0.2) is 16.6 Å². The third kappa shape index (κ3) is 6.17. The van der Waals surface area contributed by atoms with E-state index in [0.29, 0.717) is 13.0 Å². The summed E-state index contributed by atoms with van der Waals surface area (Å²) in [6, 6.07) is 1.64. The highest BCUT2D eigenvalue weighted by atomic mass is 28.4. The number of nitrogens with zero attached hydrogens (tertiary/aromatic N) is 2. The van der Waals surface area contributed by atoms with Gasteiger partial charge in [0.1, 0.15) is 17.6 Å². The molecular formula is C24H47N3O4Si2. The summed E-state index contributed by atoms with van der Waals surface area (Å²) in [4.78, 5) is 16.5. The highest BCUT2D eigenvalue weighted by molar-refractivity contribution is 6.74. The summed E-state index contributed by atoms with van der Waals surface area (Å²) in [7, 11) is -4.11. The van der Waals surface area contributed by atoms with Crippen LogP contribution in [0.4, 0.5) is 5.82 Å². The Hall–Kier alpha value is -1.01. The zero-order chi connectivity index (χ0) is 25.5. The van der Waals surface area contributed by atoms with Gasteiger partial charge in [-0.25, -0.2) is 4.79 Å². The summed E-state index contributed by atoms with van der Waals surface area (Å²) < 4.78 is 22.0. The zero-order valence-corrected chi connectivity index (χ0v) is 24.7. The van der Waals surface area contributed by atoms with Gasteiger partial charge in [-0.2, -0.15) is 4.98 Å². The molecule has 3 atom stereocenters. The van der Waals surface area contributed by atoms with Crippen molar-refractivity contribution in [2.75, 3.05) is 12.3 Å². The van der Waals surface area contributed by atoms with E-state index in [4.69, 9.17) is 19.3 Å². The highest BCUT2D eigenvalue weighted by Gasteiger charge is 2.54. The van der Waals surface area contributed by atoms with E-state index in [-0.39, 0.29) is 22.0 Å². The van der Waals surface area contributed by atoms with Crippen LogP contribution in [-0.4, -0.2) is 44.5 Å². The van der Waals surface area contributed by atoms with Crippen LogP contribution in [0, 0.1) is 0 Å². The topological polar surface area (TPSA) is 88.6 Å². The molecule has 0 radical (unpaired) electrons. The second kappa shape index (κ2) is 9.56. The number of rotatable bonds is 8. The van der Waals surface area contributed by atoms with Gasteiger partial charge in [-0.05, 0) is 48.8 Å². The van der Waals surface area contributed by atoms with Crippen molar-refractivity contribution in [1.82, 2.24) is 9.55 Å². The van der Waals surface area contributed by atoms with Gasteiger partial charge in [0.25, 0.3) is 0 Å². The first-order chi connectivity index (χ1) is 14.9. The van der Waals surface area contributed by atoms with Crippen molar-refractivity contribution in [2.24, 2.45) is 0 Å². The van der Waals surface area contributed by atoms with Crippen molar-refractivity contribution in [3.63, 3.8) is 0 Å². The fraction of sp³-hybridized carbons (Fsp3) is 0.833. The monoisotopic (exact) mass is 497 g/mol. The quantitative estimate of drug-likeness (QED) is 0.464. The molecule has 33 heavy (non-hydrogen) atoms. The van der Waals surface area contributed by atoms with E-state index >= 15 is 0 Å². The lowest BCUT2D eigenvalue weighted by Gasteiger charge is -2.45. The molecule has 9 heteroatoms. The maximum absolute atomic E-state index is 12.6. The van der Waals surface area contributed by atoms with Gasteiger partial charge in [0.05, 0.1) is 12.7 Å². The number of ether oxygens (including phenoxy) is 1. The van der Waals surface area contributed by atoms with Gasteiger partial charge in [0, 0.05) is 12.6 Å². The van der Waals surface area contributed by atoms with E-state index in [1.54, 1.807) is 16.8 Å². The summed E-state index contributed by atoms with van der Waals surface area (Å²) in [6.07, 6.45) is 3.36. The molecule has 1 saturated heterocycles. The molecular weight excluding hydrogens is 450 g/mol. The molecule has 1 fully saturated rings. The lowest BCUT2D eigenvalue weighted by atomic mass is 9.92. The largest absolute Gasteiger partial charge is 0.414 e. The molecule has 2 N–H and O–H groups in total. The van der Waals surface area contributed by atoms with Crippen molar-refractivity contribution in [2.45, 2.75) is 122 Å². The molecule has 0 saturated carbocycles. The lowest BCUT2D eigenvalue weighted by molar-refractivity contribution is -0.127. The smallest absolute Gasteiger partial charge is 0.351 e. The number of nitrogen functional groups attached to an aromatic ring is 1. The maximum Gasteiger partial charge on any atom is 0.351 e. The Kier molecular flexibility index (Phi) is 8.18. The molecule has 1 aromatic heterocycles. The molecule has 0 bridgehead atoms. The van der Waals surface area contributed by atoms with E-state index in [9.17, 15) is 4.79 Å². The van der Waals surface area contributed by atoms with Crippen LogP contribution in [0.25, 0.3) is 0 Å². The summed E-state index contributed by atoms with van der Waals surface area (Å²) in [6.45, 7) is 25.1. The van der Waals surface area contributed by atoms with Crippen molar-refractivity contribution in [1.29, 1.82) is 0 Å². The molecule has 0 aromatic carbocycles. The first-order valence-electron chi connectivity index (χ1n) is 12.2. The molecule has 1 aliphatic heterocycles. The predicted octanol–water partition coefficient (Wildman–Crippen LogP) is 5.70. The zero-order valence-electron chi connectivity index (χ0n) is 22.7. The average Bonchev–Trinajstić information content (AvgIpc) is 2.96. The summed E-state index contributed by atoms with van der Waals surface area (Å²) >= 11 is 0. The normalized spacial score (nSPS) is 24.9. The second-order valence-electron chi connectivity index (χ2n) is 12.6. The molecule has 1 aliphatic rings. The Morgan fingerprint density at radius 2 is 1.73 bits per heavy atom. The molecule has 7 nitrogen and oxygen atoms in total. The van der Waals surface area contributed by atoms with Gasteiger partial charge in [-0.3, -0.25) is 4.57 Å². The van der Waals surface area contributed by atoms with Crippen LogP contribution in [0.3, 0.4) is 0 Å². The van der Waals surface area contributed by atoms with E-state index in [1.807, 2.05) is 0 Å². The van der Waals surface area contributed by atoms with Crippen LogP contribution in [0.2, 0.25) is 36.3 Å². The van der Waals surface area contributed by atoms with Gasteiger partial charge in [-0.15, -0.1) is 0 Å². The summed E-state index contributed by atoms with van der Waals surface area (Å²) in [5.41, 5.74) is 4.70. The number of hydrogen-bond acceptors (Lipinski definition) is 6. The second-order valence-corrected chi connectivity index (χ2v) is 22.1. The van der Waals surface area contributed by atoms with E-state index in [1.165, 1.54) is 0 Å². The molecule has 2 rings (SSSR count). The first kappa shape index (κ1) is 28.2. The first-order valence-corrected chi connectivity index (χ1v) is 18.0. The summed E-state index contributed by atoms with van der Waals surface area (Å²) in [5, 5.41) is 0.148.